The second kappa shape index (κ2) is 12.0. The first-order chi connectivity index (χ1) is 18.5. The smallest absolute Gasteiger partial charge is 0.262 e. The summed E-state index contributed by atoms with van der Waals surface area (Å²) < 4.78 is 25.7. The first kappa shape index (κ1) is 26.3. The summed E-state index contributed by atoms with van der Waals surface area (Å²) in [4.78, 5) is 31.0. The molecule has 1 atom stereocenters. The highest BCUT2D eigenvalue weighted by atomic mass is 19.1. The second-order valence-corrected chi connectivity index (χ2v) is 10.1. The number of nitrogens with zero attached hydrogens (tertiary/aromatic N) is 4. The summed E-state index contributed by atoms with van der Waals surface area (Å²) in [7, 11) is 1.60. The zero-order chi connectivity index (χ0) is 26.5. The molecule has 38 heavy (non-hydrogen) atoms. The summed E-state index contributed by atoms with van der Waals surface area (Å²) in [5.74, 6) is -0.0171. The molecule has 0 radical (unpaired) electrons. The lowest BCUT2D eigenvalue weighted by molar-refractivity contribution is -0.145. The maximum atomic E-state index is 14.9. The van der Waals surface area contributed by atoms with Crippen LogP contribution in [0, 0.1) is 11.7 Å². The van der Waals surface area contributed by atoms with Gasteiger partial charge in [0.1, 0.15) is 18.1 Å². The summed E-state index contributed by atoms with van der Waals surface area (Å²) >= 11 is 0. The van der Waals surface area contributed by atoms with Gasteiger partial charge in [0.25, 0.3) is 5.91 Å². The quantitative estimate of drug-likeness (QED) is 0.504. The van der Waals surface area contributed by atoms with Crippen LogP contribution in [0.3, 0.4) is 0 Å². The van der Waals surface area contributed by atoms with E-state index in [0.29, 0.717) is 49.7 Å². The van der Waals surface area contributed by atoms with E-state index >= 15 is 0 Å². The molecule has 5 rings (SSSR count). The Kier molecular flexibility index (Phi) is 8.34. The van der Waals surface area contributed by atoms with Gasteiger partial charge >= 0.3 is 0 Å². The van der Waals surface area contributed by atoms with Crippen LogP contribution in [-0.2, 0) is 14.3 Å². The predicted octanol–water partition coefficient (Wildman–Crippen LogP) is 3.47. The Hall–Kier alpha value is -3.30. The largest absolute Gasteiger partial charge is 0.497 e. The minimum atomic E-state index is -0.593. The van der Waals surface area contributed by atoms with E-state index in [9.17, 15) is 14.0 Å². The molecule has 2 amide bonds. The highest BCUT2D eigenvalue weighted by Crippen LogP contribution is 2.35. The van der Waals surface area contributed by atoms with E-state index in [1.54, 1.807) is 30.2 Å². The van der Waals surface area contributed by atoms with E-state index in [4.69, 9.17) is 9.47 Å². The Labute approximate surface area is 223 Å². The molecule has 0 bridgehead atoms. The minimum absolute atomic E-state index is 0.0238. The van der Waals surface area contributed by atoms with Gasteiger partial charge in [-0.2, -0.15) is 5.10 Å². The van der Waals surface area contributed by atoms with Crippen LogP contribution < -0.4 is 4.74 Å². The van der Waals surface area contributed by atoms with Crippen LogP contribution in [0.5, 0.6) is 5.75 Å². The highest BCUT2D eigenvalue weighted by Gasteiger charge is 2.37. The molecular weight excluding hydrogens is 487 g/mol. The summed E-state index contributed by atoms with van der Waals surface area (Å²) in [5.41, 5.74) is 1.90. The minimum Gasteiger partial charge on any atom is -0.497 e. The van der Waals surface area contributed by atoms with Crippen LogP contribution in [-0.4, -0.2) is 85.4 Å². The van der Waals surface area contributed by atoms with Crippen molar-refractivity contribution in [2.75, 3.05) is 53.0 Å². The third-order valence-electron chi connectivity index (χ3n) is 7.72. The monoisotopic (exact) mass is 522 g/mol. The third-order valence-corrected chi connectivity index (χ3v) is 7.72. The van der Waals surface area contributed by atoms with E-state index in [-0.39, 0.29) is 30.1 Å². The van der Waals surface area contributed by atoms with Crippen LogP contribution in [0.4, 0.5) is 4.39 Å². The summed E-state index contributed by atoms with van der Waals surface area (Å²) in [6.45, 7) is 4.05. The number of ether oxygens (including phenoxy) is 2. The summed E-state index contributed by atoms with van der Waals surface area (Å²) in [6, 6.07) is 13.4. The lowest BCUT2D eigenvalue weighted by Crippen LogP contribution is -2.49. The van der Waals surface area contributed by atoms with Gasteiger partial charge in [-0.05, 0) is 31.0 Å². The summed E-state index contributed by atoms with van der Waals surface area (Å²) in [6.07, 6.45) is 3.13. The number of carbonyl (C=O) groups is 2. The van der Waals surface area contributed by atoms with Gasteiger partial charge in [0, 0.05) is 49.6 Å². The van der Waals surface area contributed by atoms with E-state index in [2.05, 4.69) is 10.0 Å². The third kappa shape index (κ3) is 5.89. The number of carbonyl (C=O) groups excluding carboxylic acids is 2. The standard InChI is InChI=1S/C29H35FN4O4/c1-37-23-9-5-8-22(18-23)26-19-27(24-10-2-3-11-25(24)30)34(31-26)28(35)20-33(29(36)21-6-4-7-21)13-12-32-14-16-38-17-15-32/h2-3,5,8-11,18,21,27H,4,6-7,12-17,19-20H2,1H3. The van der Waals surface area contributed by atoms with Crippen molar-refractivity contribution in [3.63, 3.8) is 0 Å². The Morgan fingerprint density at radius 1 is 1.13 bits per heavy atom. The summed E-state index contributed by atoms with van der Waals surface area (Å²) in [5, 5.41) is 6.07. The number of methoxy groups -OCH3 is 1. The van der Waals surface area contributed by atoms with E-state index in [1.165, 1.54) is 11.1 Å². The molecule has 1 aliphatic carbocycles. The molecule has 2 aliphatic heterocycles. The maximum Gasteiger partial charge on any atom is 0.262 e. The first-order valence-electron chi connectivity index (χ1n) is 13.4. The fraction of sp³-hybridized carbons (Fsp3) is 0.483. The number of halogens is 1. The number of hydrogen-bond acceptors (Lipinski definition) is 6. The van der Waals surface area contributed by atoms with Gasteiger partial charge in [0.05, 0.1) is 32.1 Å². The normalized spacial score (nSPS) is 20.1. The Bertz CT molecular complexity index is 1180. The molecule has 0 aromatic heterocycles. The lowest BCUT2D eigenvalue weighted by Gasteiger charge is -2.34. The van der Waals surface area contributed by atoms with Crippen LogP contribution in [0.2, 0.25) is 0 Å². The molecule has 2 aromatic carbocycles. The molecule has 8 nitrogen and oxygen atoms in total. The Morgan fingerprint density at radius 3 is 2.63 bits per heavy atom. The Morgan fingerprint density at radius 2 is 1.92 bits per heavy atom. The van der Waals surface area contributed by atoms with Crippen LogP contribution >= 0.6 is 0 Å². The molecular formula is C29H35FN4O4. The molecule has 0 spiro atoms. The number of benzene rings is 2. The topological polar surface area (TPSA) is 74.7 Å². The van der Waals surface area contributed by atoms with Crippen molar-refractivity contribution < 1.29 is 23.5 Å². The average Bonchev–Trinajstić information content (AvgIpc) is 3.36. The van der Waals surface area contributed by atoms with Crippen molar-refractivity contribution in [1.29, 1.82) is 0 Å². The van der Waals surface area contributed by atoms with Gasteiger partial charge in [0.2, 0.25) is 5.91 Å². The van der Waals surface area contributed by atoms with E-state index in [1.807, 2.05) is 24.3 Å². The van der Waals surface area contributed by atoms with Crippen molar-refractivity contribution in [3.8, 4) is 5.75 Å². The molecule has 2 aromatic rings. The van der Waals surface area contributed by atoms with Crippen molar-refractivity contribution in [1.82, 2.24) is 14.8 Å². The fourth-order valence-corrected chi connectivity index (χ4v) is 5.21. The second-order valence-electron chi connectivity index (χ2n) is 10.1. The number of amides is 2. The van der Waals surface area contributed by atoms with E-state index in [0.717, 1.165) is 37.9 Å². The average molecular weight is 523 g/mol. The van der Waals surface area contributed by atoms with Gasteiger partial charge in [-0.1, -0.05) is 36.8 Å². The molecule has 2 heterocycles. The number of rotatable bonds is 9. The van der Waals surface area contributed by atoms with Crippen molar-refractivity contribution >= 4 is 17.5 Å². The first-order valence-corrected chi connectivity index (χ1v) is 13.4. The van der Waals surface area contributed by atoms with Gasteiger partial charge in [-0.25, -0.2) is 9.40 Å². The molecule has 1 unspecified atom stereocenters. The highest BCUT2D eigenvalue weighted by molar-refractivity contribution is 6.03. The van der Waals surface area contributed by atoms with Crippen LogP contribution in [0.15, 0.2) is 53.6 Å². The lowest BCUT2D eigenvalue weighted by atomic mass is 9.84. The molecule has 2 fully saturated rings. The Balaban J connectivity index is 1.38. The number of morpholine rings is 1. The van der Waals surface area contributed by atoms with Gasteiger partial charge < -0.3 is 14.4 Å². The fourth-order valence-electron chi connectivity index (χ4n) is 5.21. The molecule has 3 aliphatic rings. The van der Waals surface area contributed by atoms with Gasteiger partial charge in [0.15, 0.2) is 0 Å². The van der Waals surface area contributed by atoms with E-state index < -0.39 is 6.04 Å². The van der Waals surface area contributed by atoms with Gasteiger partial charge in [-0.15, -0.1) is 0 Å². The molecule has 0 N–H and O–H groups in total. The molecule has 1 saturated carbocycles. The molecule has 202 valence electrons. The zero-order valence-electron chi connectivity index (χ0n) is 21.9. The molecule has 1 saturated heterocycles. The SMILES string of the molecule is COc1cccc(C2=NN(C(=O)CN(CCN3CCOCC3)C(=O)C3CCC3)C(c3ccccc3F)C2)c1. The number of hydrogen-bond donors (Lipinski definition) is 0. The van der Waals surface area contributed by atoms with Crippen LogP contribution in [0.1, 0.15) is 42.9 Å². The molecule has 9 heteroatoms. The van der Waals surface area contributed by atoms with Gasteiger partial charge in [-0.3, -0.25) is 14.5 Å². The predicted molar refractivity (Wildman–Crippen MR) is 141 cm³/mol. The van der Waals surface area contributed by atoms with Crippen molar-refractivity contribution in [2.45, 2.75) is 31.7 Å². The van der Waals surface area contributed by atoms with Crippen molar-refractivity contribution in [2.24, 2.45) is 11.0 Å². The number of hydrazone groups is 1. The van der Waals surface area contributed by atoms with Crippen LogP contribution in [0.25, 0.3) is 0 Å². The van der Waals surface area contributed by atoms with Crippen molar-refractivity contribution in [3.05, 3.63) is 65.5 Å². The maximum absolute atomic E-state index is 14.9. The zero-order valence-corrected chi connectivity index (χ0v) is 21.9.